The summed E-state index contributed by atoms with van der Waals surface area (Å²) >= 11 is 0. The number of hydrogen-bond acceptors (Lipinski definition) is 3. The minimum Gasteiger partial charge on any atom is -0.456 e. The maximum Gasteiger partial charge on any atom is 0.135 e. The lowest BCUT2D eigenvalue weighted by Gasteiger charge is -2.11. The lowest BCUT2D eigenvalue weighted by atomic mass is 10.0. The van der Waals surface area contributed by atoms with Crippen molar-refractivity contribution in [3.63, 3.8) is 0 Å². The Hall–Kier alpha value is -7.96. The summed E-state index contributed by atoms with van der Waals surface area (Å²) in [5, 5.41) is 6.87. The first kappa shape index (κ1) is 31.3. The molecular weight excluding hydrogens is 711 g/mol. The third-order valence-corrected chi connectivity index (χ3v) is 11.9. The molecule has 0 amide bonds. The second-order valence-corrected chi connectivity index (χ2v) is 15.0. The van der Waals surface area contributed by atoms with Gasteiger partial charge in [-0.25, -0.2) is 0 Å². The van der Waals surface area contributed by atoms with Gasteiger partial charge in [0.25, 0.3) is 0 Å². The van der Waals surface area contributed by atoms with E-state index in [-0.39, 0.29) is 0 Å². The van der Waals surface area contributed by atoms with Gasteiger partial charge < -0.3 is 18.1 Å². The number of aromatic nitrogens is 5. The Labute approximate surface area is 331 Å². The molecule has 0 saturated carbocycles. The van der Waals surface area contributed by atoms with Crippen LogP contribution >= 0.6 is 0 Å². The van der Waals surface area contributed by atoms with Crippen LogP contribution in [0.3, 0.4) is 0 Å². The maximum atomic E-state index is 6.18. The van der Waals surface area contributed by atoms with Gasteiger partial charge in [0.1, 0.15) is 11.2 Å². The normalized spacial score (nSPS) is 12.1. The Morgan fingerprint density at radius 3 is 1.57 bits per heavy atom. The molecule has 0 spiro atoms. The molecule has 0 atom stereocenters. The van der Waals surface area contributed by atoms with Crippen molar-refractivity contribution in [2.45, 2.75) is 0 Å². The van der Waals surface area contributed by atoms with Crippen LogP contribution in [0, 0.1) is 0 Å². The molecule has 0 fully saturated rings. The van der Waals surface area contributed by atoms with E-state index in [4.69, 9.17) is 14.4 Å². The van der Waals surface area contributed by atoms with Crippen LogP contribution in [0.4, 0.5) is 0 Å². The number of benzene rings is 7. The van der Waals surface area contributed by atoms with Gasteiger partial charge in [-0.1, -0.05) is 66.7 Å². The molecule has 0 radical (unpaired) electrons. The Balaban J connectivity index is 0.979. The Kier molecular flexibility index (Phi) is 6.35. The zero-order chi connectivity index (χ0) is 37.9. The van der Waals surface area contributed by atoms with Crippen molar-refractivity contribution >= 4 is 87.6 Å². The van der Waals surface area contributed by atoms with Crippen LogP contribution in [0.1, 0.15) is 0 Å². The molecule has 6 heteroatoms. The van der Waals surface area contributed by atoms with Crippen LogP contribution in [-0.4, -0.2) is 23.7 Å². The standard InChI is InChI=1S/C52H31N5O/c1-2-10-34(11-3-1)55-45-23-19-33(29-41(45)51-47(55)15-8-26-53-51)32-18-22-44-39(28-32)37-12-4-6-14-43(37)56(44)35-20-24-46-42(31-35)52-48(16-9-27-54-52)57(46)36-21-25-50-40(30-36)38-13-5-7-17-49(38)58-50/h1-31H. The van der Waals surface area contributed by atoms with Crippen molar-refractivity contribution in [1.29, 1.82) is 0 Å². The van der Waals surface area contributed by atoms with E-state index in [2.05, 4.69) is 165 Å². The Bertz CT molecular complexity index is 3810. The largest absolute Gasteiger partial charge is 0.456 e. The molecule has 270 valence electrons. The van der Waals surface area contributed by atoms with Gasteiger partial charge in [-0.15, -0.1) is 0 Å². The fraction of sp³-hybridized carbons (Fsp3) is 0. The summed E-state index contributed by atoms with van der Waals surface area (Å²) in [6.45, 7) is 0. The third kappa shape index (κ3) is 4.37. The van der Waals surface area contributed by atoms with Crippen LogP contribution in [0.5, 0.6) is 0 Å². The van der Waals surface area contributed by atoms with Crippen LogP contribution < -0.4 is 0 Å². The number of hydrogen-bond donors (Lipinski definition) is 0. The summed E-state index contributed by atoms with van der Waals surface area (Å²) < 4.78 is 13.2. The van der Waals surface area contributed by atoms with Gasteiger partial charge in [0.15, 0.2) is 0 Å². The first-order valence-corrected chi connectivity index (χ1v) is 19.6. The van der Waals surface area contributed by atoms with Crippen molar-refractivity contribution in [2.75, 3.05) is 0 Å². The van der Waals surface area contributed by atoms with E-state index in [0.717, 1.165) is 99.5 Å². The van der Waals surface area contributed by atoms with Gasteiger partial charge >= 0.3 is 0 Å². The number of furan rings is 1. The van der Waals surface area contributed by atoms with Gasteiger partial charge in [-0.3, -0.25) is 9.97 Å². The summed E-state index contributed by atoms with van der Waals surface area (Å²) in [6, 6.07) is 62.7. The van der Waals surface area contributed by atoms with Crippen molar-refractivity contribution in [3.8, 4) is 28.2 Å². The average Bonchev–Trinajstić information content (AvgIpc) is 4.02. The van der Waals surface area contributed by atoms with Crippen molar-refractivity contribution < 1.29 is 4.42 Å². The molecule has 13 aromatic rings. The lowest BCUT2D eigenvalue weighted by molar-refractivity contribution is 0.669. The summed E-state index contributed by atoms with van der Waals surface area (Å²) in [5.41, 5.74) is 16.1. The van der Waals surface area contributed by atoms with E-state index in [1.165, 1.54) is 16.3 Å². The zero-order valence-electron chi connectivity index (χ0n) is 31.0. The molecule has 6 heterocycles. The Morgan fingerprint density at radius 1 is 0.310 bits per heavy atom. The quantitative estimate of drug-likeness (QED) is 0.180. The molecule has 0 saturated heterocycles. The number of para-hydroxylation sites is 3. The predicted octanol–water partition coefficient (Wildman–Crippen LogP) is 13.3. The number of rotatable bonds is 4. The molecule has 6 nitrogen and oxygen atoms in total. The number of nitrogens with zero attached hydrogens (tertiary/aromatic N) is 5. The third-order valence-electron chi connectivity index (χ3n) is 11.9. The molecule has 6 aromatic heterocycles. The van der Waals surface area contributed by atoms with E-state index in [0.29, 0.717) is 0 Å². The maximum absolute atomic E-state index is 6.18. The highest BCUT2D eigenvalue weighted by Crippen LogP contribution is 2.40. The van der Waals surface area contributed by atoms with Crippen LogP contribution in [0.25, 0.3) is 116 Å². The minimum atomic E-state index is 0.883. The van der Waals surface area contributed by atoms with Crippen LogP contribution in [-0.2, 0) is 0 Å². The van der Waals surface area contributed by atoms with E-state index < -0.39 is 0 Å². The molecular formula is C52H31N5O. The second kappa shape index (κ2) is 11.8. The van der Waals surface area contributed by atoms with Crippen molar-refractivity contribution in [3.05, 3.63) is 188 Å². The zero-order valence-corrected chi connectivity index (χ0v) is 31.0. The highest BCUT2D eigenvalue weighted by atomic mass is 16.3. The number of fused-ring (bicyclic) bond motifs is 12. The first-order chi connectivity index (χ1) is 28.8. The monoisotopic (exact) mass is 741 g/mol. The highest BCUT2D eigenvalue weighted by Gasteiger charge is 2.19. The molecule has 0 aliphatic carbocycles. The molecule has 0 N–H and O–H groups in total. The Morgan fingerprint density at radius 2 is 0.810 bits per heavy atom. The predicted molar refractivity (Wildman–Crippen MR) is 238 cm³/mol. The van der Waals surface area contributed by atoms with Crippen LogP contribution in [0.2, 0.25) is 0 Å². The number of pyridine rings is 2. The van der Waals surface area contributed by atoms with Crippen molar-refractivity contribution in [2.24, 2.45) is 0 Å². The molecule has 7 aromatic carbocycles. The molecule has 13 rings (SSSR count). The van der Waals surface area contributed by atoms with E-state index in [9.17, 15) is 0 Å². The topological polar surface area (TPSA) is 53.7 Å². The molecule has 0 unspecified atom stereocenters. The summed E-state index contributed by atoms with van der Waals surface area (Å²) in [7, 11) is 0. The van der Waals surface area contributed by atoms with Gasteiger partial charge in [-0.2, -0.15) is 0 Å². The van der Waals surface area contributed by atoms with Gasteiger partial charge in [0.2, 0.25) is 0 Å². The van der Waals surface area contributed by atoms with Gasteiger partial charge in [0, 0.05) is 61.8 Å². The fourth-order valence-corrected chi connectivity index (χ4v) is 9.39. The summed E-state index contributed by atoms with van der Waals surface area (Å²) in [6.07, 6.45) is 3.78. The van der Waals surface area contributed by atoms with Gasteiger partial charge in [-0.05, 0) is 120 Å². The van der Waals surface area contributed by atoms with Crippen molar-refractivity contribution in [1.82, 2.24) is 23.7 Å². The SMILES string of the molecule is c1ccc(-n2c3ccc(-c4ccc5c(c4)c4ccccc4n5-c4ccc5c(c4)c4ncccc4n5-c4ccc5oc6ccccc6c5c4)cc3c3ncccc32)cc1. The lowest BCUT2D eigenvalue weighted by Crippen LogP contribution is -1.96. The van der Waals surface area contributed by atoms with E-state index in [1.807, 2.05) is 36.7 Å². The van der Waals surface area contributed by atoms with E-state index >= 15 is 0 Å². The minimum absolute atomic E-state index is 0.883. The average molecular weight is 742 g/mol. The smallest absolute Gasteiger partial charge is 0.135 e. The molecule has 0 aliphatic rings. The molecule has 0 aliphatic heterocycles. The van der Waals surface area contributed by atoms with E-state index in [1.54, 1.807) is 0 Å². The highest BCUT2D eigenvalue weighted by molar-refractivity contribution is 6.13. The van der Waals surface area contributed by atoms with Crippen LogP contribution in [0.15, 0.2) is 193 Å². The first-order valence-electron chi connectivity index (χ1n) is 19.6. The molecule has 0 bridgehead atoms. The fourth-order valence-electron chi connectivity index (χ4n) is 9.39. The molecule has 58 heavy (non-hydrogen) atoms. The second-order valence-electron chi connectivity index (χ2n) is 15.0. The summed E-state index contributed by atoms with van der Waals surface area (Å²) in [5.74, 6) is 0. The van der Waals surface area contributed by atoms with Gasteiger partial charge in [0.05, 0.1) is 44.1 Å². The summed E-state index contributed by atoms with van der Waals surface area (Å²) in [4.78, 5) is 9.82.